The van der Waals surface area contributed by atoms with Crippen LogP contribution in [0.4, 0.5) is 18.9 Å². The summed E-state index contributed by atoms with van der Waals surface area (Å²) in [6, 6.07) is 3.12. The van der Waals surface area contributed by atoms with E-state index >= 15 is 0 Å². The van der Waals surface area contributed by atoms with Crippen LogP contribution in [0.25, 0.3) is 0 Å². The van der Waals surface area contributed by atoms with Gasteiger partial charge in [-0.15, -0.1) is 0 Å². The third kappa shape index (κ3) is 9.09. The summed E-state index contributed by atoms with van der Waals surface area (Å²) in [5.74, 6) is -3.54. The van der Waals surface area contributed by atoms with Crippen LogP contribution >= 0.6 is 0 Å². The molecule has 0 heterocycles. The Morgan fingerprint density at radius 2 is 1.52 bits per heavy atom. The molecule has 0 aliphatic carbocycles. The minimum atomic E-state index is -4.50. The van der Waals surface area contributed by atoms with Crippen LogP contribution in [0, 0.1) is 0 Å². The molecule has 0 aromatic heterocycles. The summed E-state index contributed by atoms with van der Waals surface area (Å²) in [7, 11) is 0. The largest absolute Gasteiger partial charge is 0.479 e. The molecular formula is C17H25F3N2O7. The van der Waals surface area contributed by atoms with Crippen molar-refractivity contribution in [3.63, 3.8) is 0 Å². The van der Waals surface area contributed by atoms with Gasteiger partial charge in [-0.25, -0.2) is 9.59 Å². The topological polar surface area (TPSA) is 173 Å². The van der Waals surface area contributed by atoms with E-state index in [0.717, 1.165) is 6.07 Å². The van der Waals surface area contributed by atoms with Crippen LogP contribution in [-0.2, 0) is 15.8 Å². The molecule has 0 spiro atoms. The molecule has 0 saturated heterocycles. The van der Waals surface area contributed by atoms with Gasteiger partial charge in [0.2, 0.25) is 0 Å². The van der Waals surface area contributed by atoms with Crippen molar-refractivity contribution in [3.05, 3.63) is 29.3 Å². The van der Waals surface area contributed by atoms with Crippen LogP contribution in [0.3, 0.4) is 0 Å². The van der Waals surface area contributed by atoms with Crippen molar-refractivity contribution in [2.24, 2.45) is 0 Å². The Hall–Kier alpha value is -2.41. The summed E-state index contributed by atoms with van der Waals surface area (Å²) in [6.45, 7) is 5.32. The molecule has 0 bridgehead atoms. The highest BCUT2D eigenvalue weighted by atomic mass is 19.4. The molecule has 1 rings (SSSR count). The first-order chi connectivity index (χ1) is 13.0. The number of aliphatic hydroxyl groups excluding tert-OH is 3. The zero-order valence-electron chi connectivity index (χ0n) is 15.9. The van der Waals surface area contributed by atoms with E-state index in [2.05, 4.69) is 5.32 Å². The van der Waals surface area contributed by atoms with Crippen LogP contribution in [0.1, 0.15) is 37.9 Å². The van der Waals surface area contributed by atoms with E-state index in [-0.39, 0.29) is 17.8 Å². The lowest BCUT2D eigenvalue weighted by Gasteiger charge is -2.28. The van der Waals surface area contributed by atoms with Crippen LogP contribution < -0.4 is 11.1 Å². The molecule has 1 aromatic carbocycles. The number of aliphatic carboxylic acids is 2. The number of aliphatic hydroxyl groups is 3. The highest BCUT2D eigenvalue weighted by Gasteiger charge is 2.34. The molecule has 29 heavy (non-hydrogen) atoms. The predicted octanol–water partition coefficient (Wildman–Crippen LogP) is 0.586. The SMILES string of the molecule is CC(C)(C)NC(CO)c1ccc(N)c(C(F)(F)F)c1.O=C(O)C(O)C(O)C(=O)O. The first kappa shape index (κ1) is 26.6. The smallest absolute Gasteiger partial charge is 0.418 e. The molecule has 0 saturated carbocycles. The van der Waals surface area contributed by atoms with Gasteiger partial charge in [0.1, 0.15) is 0 Å². The molecule has 8 N–H and O–H groups in total. The fourth-order valence-corrected chi connectivity index (χ4v) is 2.06. The zero-order chi connectivity index (χ0) is 23.2. The van der Waals surface area contributed by atoms with E-state index < -0.39 is 41.9 Å². The van der Waals surface area contributed by atoms with E-state index in [4.69, 9.17) is 26.2 Å². The molecule has 3 atom stereocenters. The molecule has 9 nitrogen and oxygen atoms in total. The lowest BCUT2D eigenvalue weighted by Crippen LogP contribution is -2.40. The van der Waals surface area contributed by atoms with E-state index in [1.165, 1.54) is 12.1 Å². The molecular weight excluding hydrogens is 401 g/mol. The number of hydrogen-bond donors (Lipinski definition) is 7. The van der Waals surface area contributed by atoms with E-state index in [1.807, 2.05) is 20.8 Å². The molecule has 0 aliphatic heterocycles. The summed E-state index contributed by atoms with van der Waals surface area (Å²) in [4.78, 5) is 19.5. The van der Waals surface area contributed by atoms with E-state index in [1.54, 1.807) is 0 Å². The Morgan fingerprint density at radius 3 is 1.83 bits per heavy atom. The minimum absolute atomic E-state index is 0.293. The quantitative estimate of drug-likeness (QED) is 0.321. The van der Waals surface area contributed by atoms with Crippen molar-refractivity contribution in [1.29, 1.82) is 0 Å². The van der Waals surface area contributed by atoms with Gasteiger partial charge in [-0.1, -0.05) is 6.07 Å². The van der Waals surface area contributed by atoms with E-state index in [0.29, 0.717) is 5.56 Å². The standard InChI is InChI=1S/C13H19F3N2O.C4H6O6/c1-12(2,3)18-11(7-19)8-4-5-10(17)9(6-8)13(14,15)16;5-1(3(7)8)2(6)4(9)10/h4-6,11,18-19H,7,17H2,1-3H3;1-2,5-6H,(H,7,8)(H,9,10). The number of nitrogens with two attached hydrogens (primary N) is 1. The highest BCUT2D eigenvalue weighted by molar-refractivity contribution is 5.83. The van der Waals surface area contributed by atoms with Crippen LogP contribution in [0.2, 0.25) is 0 Å². The van der Waals surface area contributed by atoms with Gasteiger partial charge in [-0.3, -0.25) is 0 Å². The van der Waals surface area contributed by atoms with Crippen LogP contribution in [0.15, 0.2) is 18.2 Å². The maximum absolute atomic E-state index is 12.8. The summed E-state index contributed by atoms with van der Waals surface area (Å²) >= 11 is 0. The number of benzene rings is 1. The fraction of sp³-hybridized carbons (Fsp3) is 0.529. The van der Waals surface area contributed by atoms with Gasteiger partial charge in [-0.05, 0) is 38.5 Å². The number of nitrogens with one attached hydrogen (secondary N) is 1. The number of nitrogen functional groups attached to an aromatic ring is 1. The van der Waals surface area contributed by atoms with Crippen molar-refractivity contribution in [2.45, 2.75) is 50.7 Å². The average molecular weight is 426 g/mol. The summed E-state index contributed by atoms with van der Waals surface area (Å²) in [5, 5.41) is 44.9. The number of anilines is 1. The third-order valence-corrected chi connectivity index (χ3v) is 3.38. The predicted molar refractivity (Wildman–Crippen MR) is 95.9 cm³/mol. The second-order valence-corrected chi connectivity index (χ2v) is 7.04. The first-order valence-electron chi connectivity index (χ1n) is 8.18. The van der Waals surface area contributed by atoms with Gasteiger partial charge in [0, 0.05) is 11.2 Å². The molecule has 166 valence electrons. The lowest BCUT2D eigenvalue weighted by atomic mass is 9.99. The minimum Gasteiger partial charge on any atom is -0.479 e. The molecule has 0 radical (unpaired) electrons. The van der Waals surface area contributed by atoms with Crippen molar-refractivity contribution in [3.8, 4) is 0 Å². The van der Waals surface area contributed by atoms with Gasteiger partial charge in [-0.2, -0.15) is 13.2 Å². The second-order valence-electron chi connectivity index (χ2n) is 7.04. The monoisotopic (exact) mass is 426 g/mol. The average Bonchev–Trinajstić information content (AvgIpc) is 2.57. The van der Waals surface area contributed by atoms with Crippen molar-refractivity contribution in [1.82, 2.24) is 5.32 Å². The number of carboxylic acid groups (broad SMARTS) is 2. The Bertz CT molecular complexity index is 687. The highest BCUT2D eigenvalue weighted by Crippen LogP contribution is 2.35. The van der Waals surface area contributed by atoms with Crippen LogP contribution in [0.5, 0.6) is 0 Å². The Balaban J connectivity index is 0.000000665. The maximum atomic E-state index is 12.8. The number of alkyl halides is 3. The second kappa shape index (κ2) is 10.4. The van der Waals surface area contributed by atoms with Crippen molar-refractivity contribution < 1.29 is 48.3 Å². The Labute approximate surface area is 164 Å². The fourth-order valence-electron chi connectivity index (χ4n) is 2.06. The molecule has 0 fully saturated rings. The van der Waals surface area contributed by atoms with Crippen molar-refractivity contribution in [2.75, 3.05) is 12.3 Å². The Kier molecular flexibility index (Phi) is 9.53. The number of rotatable bonds is 6. The normalized spacial score (nSPS) is 14.9. The van der Waals surface area contributed by atoms with Gasteiger partial charge in [0.05, 0.1) is 18.2 Å². The van der Waals surface area contributed by atoms with Crippen LogP contribution in [-0.4, -0.2) is 61.8 Å². The van der Waals surface area contributed by atoms with Gasteiger partial charge in [0.25, 0.3) is 0 Å². The van der Waals surface area contributed by atoms with Gasteiger partial charge >= 0.3 is 18.1 Å². The molecule has 1 aromatic rings. The molecule has 12 heteroatoms. The molecule has 3 unspecified atom stereocenters. The van der Waals surface area contributed by atoms with E-state index in [9.17, 15) is 27.9 Å². The number of hydrogen-bond acceptors (Lipinski definition) is 7. The number of halogens is 3. The molecule has 0 amide bonds. The first-order valence-corrected chi connectivity index (χ1v) is 8.18. The number of carboxylic acids is 2. The summed E-state index contributed by atoms with van der Waals surface area (Å²) in [5.41, 5.74) is 4.18. The molecule has 0 aliphatic rings. The lowest BCUT2D eigenvalue weighted by molar-refractivity contribution is -0.165. The zero-order valence-corrected chi connectivity index (χ0v) is 15.9. The van der Waals surface area contributed by atoms with Gasteiger partial charge in [0.15, 0.2) is 12.2 Å². The van der Waals surface area contributed by atoms with Gasteiger partial charge < -0.3 is 36.6 Å². The maximum Gasteiger partial charge on any atom is 0.418 e. The summed E-state index contributed by atoms with van der Waals surface area (Å²) < 4.78 is 38.3. The van der Waals surface area contributed by atoms with Crippen molar-refractivity contribution >= 4 is 17.6 Å². The Morgan fingerprint density at radius 1 is 1.07 bits per heavy atom. The number of carbonyl (C=O) groups is 2. The summed E-state index contributed by atoms with van der Waals surface area (Å²) in [6.07, 6.45) is -9.03. The third-order valence-electron chi connectivity index (χ3n) is 3.38.